The second kappa shape index (κ2) is 6.50. The molecular formula is C18H18N6OS. The molecule has 0 bridgehead atoms. The van der Waals surface area contributed by atoms with Crippen LogP contribution in [0.3, 0.4) is 0 Å². The van der Waals surface area contributed by atoms with Crippen LogP contribution in [-0.2, 0) is 24.1 Å². The second-order valence-corrected chi connectivity index (χ2v) is 7.64. The second-order valence-electron chi connectivity index (χ2n) is 6.53. The Balaban J connectivity index is 1.56. The summed E-state index contributed by atoms with van der Waals surface area (Å²) in [5.41, 5.74) is 3.51. The Morgan fingerprint density at radius 2 is 2.15 bits per heavy atom. The average Bonchev–Trinajstić information content (AvgIpc) is 3.14. The molecule has 0 saturated carbocycles. The van der Waals surface area contributed by atoms with Crippen molar-refractivity contribution in [2.45, 2.75) is 46.0 Å². The SMILES string of the molecule is Cc1cc(C)n2nc(CC(=O)Nc3sc4c(c3C#N)CCCC4)nc2n1. The van der Waals surface area contributed by atoms with Gasteiger partial charge in [0, 0.05) is 16.3 Å². The van der Waals surface area contributed by atoms with Gasteiger partial charge >= 0.3 is 0 Å². The van der Waals surface area contributed by atoms with Crippen LogP contribution in [0.25, 0.3) is 5.78 Å². The van der Waals surface area contributed by atoms with E-state index in [1.807, 2.05) is 19.9 Å². The maximum absolute atomic E-state index is 12.5. The van der Waals surface area contributed by atoms with Gasteiger partial charge in [0.15, 0.2) is 5.82 Å². The Morgan fingerprint density at radius 1 is 1.35 bits per heavy atom. The van der Waals surface area contributed by atoms with Crippen molar-refractivity contribution in [3.05, 3.63) is 39.3 Å². The molecule has 8 heteroatoms. The first-order valence-electron chi connectivity index (χ1n) is 8.59. The van der Waals surface area contributed by atoms with Gasteiger partial charge in [0.2, 0.25) is 5.91 Å². The lowest BCUT2D eigenvalue weighted by molar-refractivity contribution is -0.115. The van der Waals surface area contributed by atoms with Gasteiger partial charge in [-0.15, -0.1) is 16.4 Å². The van der Waals surface area contributed by atoms with Crippen molar-refractivity contribution in [1.82, 2.24) is 19.6 Å². The molecule has 3 aromatic heterocycles. The van der Waals surface area contributed by atoms with Crippen LogP contribution in [0.2, 0.25) is 0 Å². The van der Waals surface area contributed by atoms with E-state index in [0.29, 0.717) is 22.2 Å². The zero-order valence-electron chi connectivity index (χ0n) is 14.7. The number of carbonyl (C=O) groups excluding carboxylic acids is 1. The van der Waals surface area contributed by atoms with Gasteiger partial charge in [0.25, 0.3) is 5.78 Å². The summed E-state index contributed by atoms with van der Waals surface area (Å²) in [6.45, 7) is 3.83. The van der Waals surface area contributed by atoms with Crippen LogP contribution in [0.15, 0.2) is 6.07 Å². The molecule has 0 fully saturated rings. The fourth-order valence-electron chi connectivity index (χ4n) is 3.37. The van der Waals surface area contributed by atoms with E-state index in [1.54, 1.807) is 4.52 Å². The summed E-state index contributed by atoms with van der Waals surface area (Å²) in [7, 11) is 0. The third kappa shape index (κ3) is 2.95. The molecule has 7 nitrogen and oxygen atoms in total. The number of rotatable bonds is 3. The summed E-state index contributed by atoms with van der Waals surface area (Å²) in [4.78, 5) is 22.4. The maximum atomic E-state index is 12.5. The van der Waals surface area contributed by atoms with Gasteiger partial charge in [-0.1, -0.05) is 0 Å². The highest BCUT2D eigenvalue weighted by atomic mass is 32.1. The molecule has 0 aromatic carbocycles. The number of aromatic nitrogens is 4. The molecule has 1 N–H and O–H groups in total. The zero-order valence-corrected chi connectivity index (χ0v) is 15.5. The fourth-order valence-corrected chi connectivity index (χ4v) is 4.63. The quantitative estimate of drug-likeness (QED) is 0.769. The molecule has 3 heterocycles. The Morgan fingerprint density at radius 3 is 2.96 bits per heavy atom. The smallest absolute Gasteiger partial charge is 0.252 e. The Kier molecular flexibility index (Phi) is 4.17. The highest BCUT2D eigenvalue weighted by Crippen LogP contribution is 2.37. The van der Waals surface area contributed by atoms with Gasteiger partial charge in [-0.05, 0) is 51.2 Å². The Bertz CT molecular complexity index is 1060. The summed E-state index contributed by atoms with van der Waals surface area (Å²) in [5.74, 6) is 0.698. The molecular weight excluding hydrogens is 348 g/mol. The number of nitrogens with one attached hydrogen (secondary N) is 1. The van der Waals surface area contributed by atoms with Crippen LogP contribution >= 0.6 is 11.3 Å². The molecule has 0 aliphatic heterocycles. The number of nitrogens with zero attached hydrogens (tertiary/aromatic N) is 5. The number of aryl methyl sites for hydroxylation is 3. The van der Waals surface area contributed by atoms with E-state index in [1.165, 1.54) is 16.2 Å². The van der Waals surface area contributed by atoms with E-state index in [4.69, 9.17) is 0 Å². The van der Waals surface area contributed by atoms with E-state index < -0.39 is 0 Å². The summed E-state index contributed by atoms with van der Waals surface area (Å²) >= 11 is 1.52. The average molecular weight is 366 g/mol. The lowest BCUT2D eigenvalue weighted by atomic mass is 9.96. The van der Waals surface area contributed by atoms with Crippen molar-refractivity contribution in [2.75, 3.05) is 5.32 Å². The number of nitriles is 1. The molecule has 26 heavy (non-hydrogen) atoms. The van der Waals surface area contributed by atoms with Crippen molar-refractivity contribution in [3.8, 4) is 6.07 Å². The minimum Gasteiger partial charge on any atom is -0.316 e. The molecule has 1 aliphatic rings. The Hall–Kier alpha value is -2.79. The minimum atomic E-state index is -0.217. The highest BCUT2D eigenvalue weighted by Gasteiger charge is 2.22. The number of anilines is 1. The molecule has 0 atom stereocenters. The highest BCUT2D eigenvalue weighted by molar-refractivity contribution is 7.16. The van der Waals surface area contributed by atoms with Gasteiger partial charge < -0.3 is 5.32 Å². The monoisotopic (exact) mass is 366 g/mol. The first-order valence-corrected chi connectivity index (χ1v) is 9.41. The van der Waals surface area contributed by atoms with E-state index in [9.17, 15) is 10.1 Å². The third-order valence-corrected chi connectivity index (χ3v) is 5.72. The third-order valence-electron chi connectivity index (χ3n) is 4.52. The maximum Gasteiger partial charge on any atom is 0.252 e. The van der Waals surface area contributed by atoms with Crippen molar-refractivity contribution in [2.24, 2.45) is 0 Å². The summed E-state index contributed by atoms with van der Waals surface area (Å²) in [6, 6.07) is 4.18. The Labute approximate surface area is 154 Å². The molecule has 1 amide bonds. The predicted octanol–water partition coefficient (Wildman–Crippen LogP) is 2.73. The van der Waals surface area contributed by atoms with Gasteiger partial charge in [-0.3, -0.25) is 4.79 Å². The number of carbonyl (C=O) groups is 1. The molecule has 0 saturated heterocycles. The van der Waals surface area contributed by atoms with Crippen LogP contribution in [-0.4, -0.2) is 25.5 Å². The van der Waals surface area contributed by atoms with Crippen LogP contribution in [0.4, 0.5) is 5.00 Å². The lowest BCUT2D eigenvalue weighted by Crippen LogP contribution is -2.15. The largest absolute Gasteiger partial charge is 0.316 e. The number of amides is 1. The summed E-state index contributed by atoms with van der Waals surface area (Å²) in [6.07, 6.45) is 4.20. The van der Waals surface area contributed by atoms with Gasteiger partial charge in [0.1, 0.15) is 11.1 Å². The van der Waals surface area contributed by atoms with Crippen molar-refractivity contribution in [3.63, 3.8) is 0 Å². The topological polar surface area (TPSA) is 96.0 Å². The predicted molar refractivity (Wildman–Crippen MR) is 98.3 cm³/mol. The van der Waals surface area contributed by atoms with E-state index in [2.05, 4.69) is 26.5 Å². The zero-order chi connectivity index (χ0) is 18.3. The minimum absolute atomic E-state index is 0.0509. The van der Waals surface area contributed by atoms with Crippen LogP contribution in [0.5, 0.6) is 0 Å². The fraction of sp³-hybridized carbons (Fsp3) is 0.389. The van der Waals surface area contributed by atoms with Gasteiger partial charge in [-0.2, -0.15) is 10.2 Å². The number of hydrogen-bond donors (Lipinski definition) is 1. The van der Waals surface area contributed by atoms with Crippen LogP contribution in [0, 0.1) is 25.2 Å². The van der Waals surface area contributed by atoms with Crippen molar-refractivity contribution < 1.29 is 4.79 Å². The van der Waals surface area contributed by atoms with Crippen molar-refractivity contribution in [1.29, 1.82) is 5.26 Å². The molecule has 0 unspecified atom stereocenters. The summed E-state index contributed by atoms with van der Waals surface area (Å²) < 4.78 is 1.64. The van der Waals surface area contributed by atoms with Gasteiger partial charge in [-0.25, -0.2) is 9.50 Å². The van der Waals surface area contributed by atoms with Crippen molar-refractivity contribution >= 4 is 28.0 Å². The lowest BCUT2D eigenvalue weighted by Gasteiger charge is -2.09. The van der Waals surface area contributed by atoms with Gasteiger partial charge in [0.05, 0.1) is 12.0 Å². The first-order chi connectivity index (χ1) is 12.5. The standard InChI is InChI=1S/C18H18N6OS/c1-10-7-11(2)24-18(20-10)21-15(23-24)8-16(25)22-17-13(9-19)12-5-3-4-6-14(12)26-17/h7H,3-6,8H2,1-2H3,(H,22,25). The molecule has 0 radical (unpaired) electrons. The normalized spacial score (nSPS) is 13.4. The summed E-state index contributed by atoms with van der Waals surface area (Å²) in [5, 5.41) is 17.4. The van der Waals surface area contributed by atoms with Crippen LogP contribution < -0.4 is 5.32 Å². The number of fused-ring (bicyclic) bond motifs is 2. The molecule has 4 rings (SSSR count). The molecule has 0 spiro atoms. The van der Waals surface area contributed by atoms with Crippen LogP contribution in [0.1, 0.15) is 46.1 Å². The first kappa shape index (κ1) is 16.7. The van der Waals surface area contributed by atoms with E-state index in [-0.39, 0.29) is 12.3 Å². The molecule has 132 valence electrons. The van der Waals surface area contributed by atoms with E-state index in [0.717, 1.165) is 42.6 Å². The van der Waals surface area contributed by atoms with E-state index >= 15 is 0 Å². The number of hydrogen-bond acceptors (Lipinski definition) is 6. The molecule has 3 aromatic rings. The molecule has 1 aliphatic carbocycles. The number of thiophene rings is 1.